The Hall–Kier alpha value is -1.09. The van der Waals surface area contributed by atoms with E-state index in [0.717, 1.165) is 25.5 Å². The second-order valence-corrected chi connectivity index (χ2v) is 6.62. The van der Waals surface area contributed by atoms with Gasteiger partial charge in [0.05, 0.1) is 0 Å². The van der Waals surface area contributed by atoms with Gasteiger partial charge in [-0.1, -0.05) is 19.9 Å². The lowest BCUT2D eigenvalue weighted by Crippen LogP contribution is -2.38. The van der Waals surface area contributed by atoms with Crippen LogP contribution in [0.2, 0.25) is 0 Å². The maximum Gasteiger partial charge on any atom is 0.128 e. The third-order valence-electron chi connectivity index (χ3n) is 3.87. The first-order valence-electron chi connectivity index (χ1n) is 7.42. The maximum absolute atomic E-state index is 4.64. The fourth-order valence-electron chi connectivity index (χ4n) is 2.72. The summed E-state index contributed by atoms with van der Waals surface area (Å²) in [6, 6.07) is 4.36. The van der Waals surface area contributed by atoms with E-state index in [4.69, 9.17) is 0 Å². The Morgan fingerprint density at radius 2 is 2.16 bits per heavy atom. The topological polar surface area (TPSA) is 28.2 Å². The molecule has 0 unspecified atom stereocenters. The van der Waals surface area contributed by atoms with Crippen LogP contribution >= 0.6 is 0 Å². The van der Waals surface area contributed by atoms with Gasteiger partial charge in [-0.3, -0.25) is 0 Å². The van der Waals surface area contributed by atoms with Gasteiger partial charge in [0.15, 0.2) is 0 Å². The van der Waals surface area contributed by atoms with E-state index < -0.39 is 0 Å². The van der Waals surface area contributed by atoms with Crippen molar-refractivity contribution in [2.24, 2.45) is 5.92 Å². The quantitative estimate of drug-likeness (QED) is 0.882. The number of anilines is 1. The Balaban J connectivity index is 1.95. The molecule has 1 aliphatic heterocycles. The number of pyridine rings is 1. The highest BCUT2D eigenvalue weighted by atomic mass is 15.3. The Bertz CT molecular complexity index is 395. The average molecular weight is 261 g/mol. The molecule has 0 bridgehead atoms. The standard InChI is InChI=1S/C16H27N3/c1-13(2)10-17-11-14-6-7-15(18-12-14)19-9-5-8-16(19,3)4/h6-7,12-13,17H,5,8-11H2,1-4H3. The van der Waals surface area contributed by atoms with Gasteiger partial charge in [0.2, 0.25) is 0 Å². The smallest absolute Gasteiger partial charge is 0.128 e. The summed E-state index contributed by atoms with van der Waals surface area (Å²) in [6.45, 7) is 12.2. The van der Waals surface area contributed by atoms with Gasteiger partial charge in [-0.05, 0) is 50.8 Å². The molecule has 19 heavy (non-hydrogen) atoms. The summed E-state index contributed by atoms with van der Waals surface area (Å²) in [6.07, 6.45) is 4.54. The molecule has 0 amide bonds. The van der Waals surface area contributed by atoms with E-state index >= 15 is 0 Å². The third kappa shape index (κ3) is 3.69. The van der Waals surface area contributed by atoms with Crippen molar-refractivity contribution in [1.29, 1.82) is 0 Å². The normalized spacial score (nSPS) is 18.3. The molecule has 2 heterocycles. The summed E-state index contributed by atoms with van der Waals surface area (Å²) in [5.41, 5.74) is 1.52. The summed E-state index contributed by atoms with van der Waals surface area (Å²) in [5.74, 6) is 1.81. The summed E-state index contributed by atoms with van der Waals surface area (Å²) in [4.78, 5) is 7.07. The molecule has 2 rings (SSSR count). The summed E-state index contributed by atoms with van der Waals surface area (Å²) < 4.78 is 0. The molecular formula is C16H27N3. The molecule has 0 aliphatic carbocycles. The van der Waals surface area contributed by atoms with Crippen molar-refractivity contribution < 1.29 is 0 Å². The lowest BCUT2D eigenvalue weighted by Gasteiger charge is -2.32. The number of hydrogen-bond donors (Lipinski definition) is 1. The molecule has 1 aliphatic rings. The highest BCUT2D eigenvalue weighted by Crippen LogP contribution is 2.32. The second-order valence-electron chi connectivity index (χ2n) is 6.62. The first kappa shape index (κ1) is 14.3. The van der Waals surface area contributed by atoms with Gasteiger partial charge in [-0.15, -0.1) is 0 Å². The van der Waals surface area contributed by atoms with E-state index in [1.807, 2.05) is 6.20 Å². The number of rotatable bonds is 5. The van der Waals surface area contributed by atoms with Crippen LogP contribution < -0.4 is 10.2 Å². The second kappa shape index (κ2) is 5.91. The van der Waals surface area contributed by atoms with E-state index in [1.54, 1.807) is 0 Å². The number of nitrogens with zero attached hydrogens (tertiary/aromatic N) is 2. The molecule has 0 atom stereocenters. The minimum Gasteiger partial charge on any atom is -0.352 e. The molecule has 106 valence electrons. The van der Waals surface area contributed by atoms with Crippen LogP contribution in [-0.4, -0.2) is 23.6 Å². The molecule has 3 nitrogen and oxygen atoms in total. The predicted octanol–water partition coefficient (Wildman–Crippen LogP) is 3.21. The van der Waals surface area contributed by atoms with Crippen LogP contribution in [-0.2, 0) is 6.54 Å². The number of nitrogens with one attached hydrogen (secondary N) is 1. The van der Waals surface area contributed by atoms with Gasteiger partial charge < -0.3 is 10.2 Å². The molecule has 0 aromatic carbocycles. The minimum atomic E-state index is 0.254. The molecule has 1 saturated heterocycles. The van der Waals surface area contributed by atoms with Gasteiger partial charge in [0.25, 0.3) is 0 Å². The van der Waals surface area contributed by atoms with Crippen molar-refractivity contribution in [3.05, 3.63) is 23.9 Å². The van der Waals surface area contributed by atoms with Gasteiger partial charge in [-0.2, -0.15) is 0 Å². The van der Waals surface area contributed by atoms with E-state index in [9.17, 15) is 0 Å². The fraction of sp³-hybridized carbons (Fsp3) is 0.688. The van der Waals surface area contributed by atoms with Crippen LogP contribution in [0, 0.1) is 5.92 Å². The highest BCUT2D eigenvalue weighted by molar-refractivity contribution is 5.43. The largest absolute Gasteiger partial charge is 0.352 e. The van der Waals surface area contributed by atoms with Crippen molar-refractivity contribution in [1.82, 2.24) is 10.3 Å². The first-order valence-corrected chi connectivity index (χ1v) is 7.42. The van der Waals surface area contributed by atoms with Crippen LogP contribution in [0.15, 0.2) is 18.3 Å². The van der Waals surface area contributed by atoms with E-state index in [2.05, 4.69) is 55.0 Å². The van der Waals surface area contributed by atoms with E-state index in [0.29, 0.717) is 5.92 Å². The van der Waals surface area contributed by atoms with Gasteiger partial charge in [-0.25, -0.2) is 4.98 Å². The molecule has 0 saturated carbocycles. The van der Waals surface area contributed by atoms with Gasteiger partial charge in [0, 0.05) is 24.8 Å². The molecule has 0 radical (unpaired) electrons. The van der Waals surface area contributed by atoms with E-state index in [-0.39, 0.29) is 5.54 Å². The fourth-order valence-corrected chi connectivity index (χ4v) is 2.72. The molecule has 1 fully saturated rings. The lowest BCUT2D eigenvalue weighted by atomic mass is 10.0. The monoisotopic (exact) mass is 261 g/mol. The first-order chi connectivity index (χ1) is 8.99. The summed E-state index contributed by atoms with van der Waals surface area (Å²) in [5, 5.41) is 3.45. The van der Waals surface area contributed by atoms with Crippen LogP contribution in [0.25, 0.3) is 0 Å². The molecule has 0 spiro atoms. The Labute approximate surface area is 117 Å². The molecule has 1 N–H and O–H groups in total. The van der Waals surface area contributed by atoms with Crippen molar-refractivity contribution in [3.8, 4) is 0 Å². The Morgan fingerprint density at radius 1 is 1.37 bits per heavy atom. The van der Waals surface area contributed by atoms with Gasteiger partial charge in [0.1, 0.15) is 5.82 Å². The minimum absolute atomic E-state index is 0.254. The van der Waals surface area contributed by atoms with Crippen LogP contribution in [0.4, 0.5) is 5.82 Å². The lowest BCUT2D eigenvalue weighted by molar-refractivity contribution is 0.514. The number of aromatic nitrogens is 1. The average Bonchev–Trinajstić information content (AvgIpc) is 2.69. The summed E-state index contributed by atoms with van der Waals surface area (Å²) in [7, 11) is 0. The van der Waals surface area contributed by atoms with Crippen molar-refractivity contribution in [2.45, 2.75) is 52.6 Å². The zero-order valence-electron chi connectivity index (χ0n) is 12.7. The van der Waals surface area contributed by atoms with Crippen LogP contribution in [0.3, 0.4) is 0 Å². The maximum atomic E-state index is 4.64. The third-order valence-corrected chi connectivity index (χ3v) is 3.87. The zero-order chi connectivity index (χ0) is 13.9. The SMILES string of the molecule is CC(C)CNCc1ccc(N2CCCC2(C)C)nc1. The van der Waals surface area contributed by atoms with Crippen molar-refractivity contribution >= 4 is 5.82 Å². The summed E-state index contributed by atoms with van der Waals surface area (Å²) >= 11 is 0. The molecular weight excluding hydrogens is 234 g/mol. The van der Waals surface area contributed by atoms with Crippen molar-refractivity contribution in [3.63, 3.8) is 0 Å². The predicted molar refractivity (Wildman–Crippen MR) is 81.4 cm³/mol. The van der Waals surface area contributed by atoms with Gasteiger partial charge >= 0.3 is 0 Å². The highest BCUT2D eigenvalue weighted by Gasteiger charge is 2.32. The molecule has 1 aromatic rings. The van der Waals surface area contributed by atoms with E-state index in [1.165, 1.54) is 18.4 Å². The Kier molecular flexibility index (Phi) is 4.46. The van der Waals surface area contributed by atoms with Crippen LogP contribution in [0.5, 0.6) is 0 Å². The van der Waals surface area contributed by atoms with Crippen molar-refractivity contribution in [2.75, 3.05) is 18.0 Å². The zero-order valence-corrected chi connectivity index (χ0v) is 12.7. The molecule has 1 aromatic heterocycles. The Morgan fingerprint density at radius 3 is 2.68 bits per heavy atom. The molecule has 3 heteroatoms. The van der Waals surface area contributed by atoms with Crippen LogP contribution in [0.1, 0.15) is 46.1 Å². The number of hydrogen-bond acceptors (Lipinski definition) is 3.